The second-order valence-corrected chi connectivity index (χ2v) is 9.52. The number of fused-ring (bicyclic) bond motifs is 1. The van der Waals surface area contributed by atoms with E-state index in [4.69, 9.17) is 4.74 Å². The predicted molar refractivity (Wildman–Crippen MR) is 113 cm³/mol. The Bertz CT molecular complexity index is 1130. The van der Waals surface area contributed by atoms with Gasteiger partial charge in [-0.15, -0.1) is 0 Å². The standard InChI is InChI=1S/C20H24N2O4S2/c1-5-17(14-6-8-15(26-4)9-7-14)21-28(24,25)16-10-11-18-19(12-16)27-20(23)22(18)13(2)3/h6-13,17,21H,5H2,1-4H3/t17-/m0/s1. The molecule has 6 nitrogen and oxygen atoms in total. The predicted octanol–water partition coefficient (Wildman–Crippen LogP) is 4.08. The zero-order valence-electron chi connectivity index (χ0n) is 16.3. The van der Waals surface area contributed by atoms with Crippen LogP contribution in [-0.2, 0) is 10.0 Å². The van der Waals surface area contributed by atoms with E-state index >= 15 is 0 Å². The molecule has 3 rings (SSSR count). The van der Waals surface area contributed by atoms with E-state index in [0.717, 1.165) is 28.2 Å². The maximum atomic E-state index is 13.0. The van der Waals surface area contributed by atoms with Crippen LogP contribution in [0.2, 0.25) is 0 Å². The fraction of sp³-hybridized carbons (Fsp3) is 0.350. The summed E-state index contributed by atoms with van der Waals surface area (Å²) in [6.45, 7) is 5.79. The molecule has 0 bridgehead atoms. The lowest BCUT2D eigenvalue weighted by Gasteiger charge is -2.18. The van der Waals surface area contributed by atoms with Gasteiger partial charge >= 0.3 is 4.87 Å². The van der Waals surface area contributed by atoms with E-state index in [-0.39, 0.29) is 21.9 Å². The summed E-state index contributed by atoms with van der Waals surface area (Å²) in [5, 5.41) is 0. The lowest BCUT2D eigenvalue weighted by molar-refractivity contribution is 0.414. The molecular weight excluding hydrogens is 396 g/mol. The smallest absolute Gasteiger partial charge is 0.308 e. The monoisotopic (exact) mass is 420 g/mol. The van der Waals surface area contributed by atoms with E-state index in [1.54, 1.807) is 29.9 Å². The van der Waals surface area contributed by atoms with Gasteiger partial charge in [-0.3, -0.25) is 9.36 Å². The van der Waals surface area contributed by atoms with Crippen molar-refractivity contribution >= 4 is 31.6 Å². The Hall–Kier alpha value is -2.16. The number of nitrogens with zero attached hydrogens (tertiary/aromatic N) is 1. The number of nitrogens with one attached hydrogen (secondary N) is 1. The fourth-order valence-corrected chi connectivity index (χ4v) is 5.61. The van der Waals surface area contributed by atoms with Crippen LogP contribution in [0.1, 0.15) is 44.8 Å². The first kappa shape index (κ1) is 20.6. The van der Waals surface area contributed by atoms with Crippen molar-refractivity contribution < 1.29 is 13.2 Å². The van der Waals surface area contributed by atoms with Crippen molar-refractivity contribution in [3.8, 4) is 5.75 Å². The van der Waals surface area contributed by atoms with E-state index in [1.807, 2.05) is 45.0 Å². The van der Waals surface area contributed by atoms with Crippen molar-refractivity contribution in [2.24, 2.45) is 0 Å². The third-order valence-corrected chi connectivity index (χ3v) is 7.02. The normalized spacial score (nSPS) is 13.2. The minimum atomic E-state index is -3.74. The molecule has 2 aromatic carbocycles. The van der Waals surface area contributed by atoms with E-state index in [0.29, 0.717) is 11.1 Å². The van der Waals surface area contributed by atoms with Gasteiger partial charge in [0, 0.05) is 12.1 Å². The number of aromatic nitrogens is 1. The molecule has 1 aromatic heterocycles. The summed E-state index contributed by atoms with van der Waals surface area (Å²) in [6.07, 6.45) is 0.602. The second kappa shape index (κ2) is 8.06. The molecule has 0 saturated carbocycles. The lowest BCUT2D eigenvalue weighted by Crippen LogP contribution is -2.28. The summed E-state index contributed by atoms with van der Waals surface area (Å²) in [6, 6.07) is 11.8. The van der Waals surface area contributed by atoms with Crippen LogP contribution < -0.4 is 14.3 Å². The molecule has 28 heavy (non-hydrogen) atoms. The first-order valence-electron chi connectivity index (χ1n) is 9.08. The number of thiazole rings is 1. The molecule has 3 aromatic rings. The van der Waals surface area contributed by atoms with Gasteiger partial charge in [0.1, 0.15) is 5.75 Å². The molecule has 0 amide bonds. The van der Waals surface area contributed by atoms with Crippen LogP contribution in [-0.4, -0.2) is 20.1 Å². The molecule has 150 valence electrons. The van der Waals surface area contributed by atoms with E-state index in [1.165, 1.54) is 0 Å². The number of sulfonamides is 1. The third kappa shape index (κ3) is 3.99. The van der Waals surface area contributed by atoms with Crippen LogP contribution in [0.15, 0.2) is 52.2 Å². The molecule has 1 N–H and O–H groups in total. The van der Waals surface area contributed by atoms with Crippen LogP contribution in [0.3, 0.4) is 0 Å². The van der Waals surface area contributed by atoms with Crippen LogP contribution in [0, 0.1) is 0 Å². The summed E-state index contributed by atoms with van der Waals surface area (Å²) < 4.78 is 36.2. The highest BCUT2D eigenvalue weighted by atomic mass is 32.2. The molecule has 0 aliphatic carbocycles. The van der Waals surface area contributed by atoms with Gasteiger partial charge in [-0.25, -0.2) is 13.1 Å². The van der Waals surface area contributed by atoms with Gasteiger partial charge in [0.2, 0.25) is 10.0 Å². The SMILES string of the molecule is CC[C@H](NS(=O)(=O)c1ccc2c(c1)sc(=O)n2C(C)C)c1ccc(OC)cc1. The van der Waals surface area contributed by atoms with E-state index in [2.05, 4.69) is 4.72 Å². The van der Waals surface area contributed by atoms with Gasteiger partial charge in [-0.1, -0.05) is 30.4 Å². The summed E-state index contributed by atoms with van der Waals surface area (Å²) in [5.74, 6) is 0.719. The Kier molecular flexibility index (Phi) is 5.92. The highest BCUT2D eigenvalue weighted by molar-refractivity contribution is 7.89. The molecule has 0 radical (unpaired) electrons. The Morgan fingerprint density at radius 2 is 1.82 bits per heavy atom. The minimum absolute atomic E-state index is 0.0152. The summed E-state index contributed by atoms with van der Waals surface area (Å²) in [7, 11) is -2.15. The van der Waals surface area contributed by atoms with Gasteiger partial charge in [-0.05, 0) is 56.2 Å². The summed E-state index contributed by atoms with van der Waals surface area (Å²) >= 11 is 1.06. The summed E-state index contributed by atoms with van der Waals surface area (Å²) in [5.41, 5.74) is 1.62. The third-order valence-electron chi connectivity index (χ3n) is 4.64. The quantitative estimate of drug-likeness (QED) is 0.625. The number of hydrogen-bond donors (Lipinski definition) is 1. The van der Waals surface area contributed by atoms with Crippen molar-refractivity contribution in [3.63, 3.8) is 0 Å². The molecule has 8 heteroatoms. The molecule has 0 fully saturated rings. The molecule has 0 saturated heterocycles. The first-order chi connectivity index (χ1) is 13.3. The zero-order chi connectivity index (χ0) is 20.5. The Labute approximate surface area is 168 Å². The minimum Gasteiger partial charge on any atom is -0.497 e. The number of hydrogen-bond acceptors (Lipinski definition) is 5. The second-order valence-electron chi connectivity index (χ2n) is 6.82. The Morgan fingerprint density at radius 1 is 1.14 bits per heavy atom. The summed E-state index contributed by atoms with van der Waals surface area (Å²) in [4.78, 5) is 12.3. The van der Waals surface area contributed by atoms with Crippen LogP contribution in [0.25, 0.3) is 10.2 Å². The van der Waals surface area contributed by atoms with Crippen molar-refractivity contribution in [1.82, 2.24) is 9.29 Å². The van der Waals surface area contributed by atoms with Crippen molar-refractivity contribution in [2.75, 3.05) is 7.11 Å². The molecule has 0 aliphatic rings. The van der Waals surface area contributed by atoms with Crippen molar-refractivity contribution in [3.05, 3.63) is 57.7 Å². The fourth-order valence-electron chi connectivity index (χ4n) is 3.15. The van der Waals surface area contributed by atoms with Gasteiger partial charge in [0.15, 0.2) is 0 Å². The topological polar surface area (TPSA) is 77.4 Å². The maximum Gasteiger partial charge on any atom is 0.308 e. The largest absolute Gasteiger partial charge is 0.497 e. The molecular formula is C20H24N2O4S2. The van der Waals surface area contributed by atoms with Gasteiger partial charge in [0.25, 0.3) is 0 Å². The number of ether oxygens (including phenoxy) is 1. The van der Waals surface area contributed by atoms with E-state index < -0.39 is 10.0 Å². The number of methoxy groups -OCH3 is 1. The Balaban J connectivity index is 1.93. The first-order valence-corrected chi connectivity index (χ1v) is 11.4. The molecule has 0 spiro atoms. The van der Waals surface area contributed by atoms with Crippen molar-refractivity contribution in [2.45, 2.75) is 44.2 Å². The van der Waals surface area contributed by atoms with Crippen LogP contribution in [0.4, 0.5) is 0 Å². The average molecular weight is 421 g/mol. The maximum absolute atomic E-state index is 13.0. The molecule has 1 atom stereocenters. The lowest BCUT2D eigenvalue weighted by atomic mass is 10.1. The highest BCUT2D eigenvalue weighted by Crippen LogP contribution is 2.26. The zero-order valence-corrected chi connectivity index (χ0v) is 17.9. The number of rotatable bonds is 7. The average Bonchev–Trinajstić information content (AvgIpc) is 3.01. The van der Waals surface area contributed by atoms with Gasteiger partial charge < -0.3 is 4.74 Å². The van der Waals surface area contributed by atoms with Gasteiger partial charge in [-0.2, -0.15) is 0 Å². The van der Waals surface area contributed by atoms with E-state index in [9.17, 15) is 13.2 Å². The highest BCUT2D eigenvalue weighted by Gasteiger charge is 2.22. The van der Waals surface area contributed by atoms with Gasteiger partial charge in [0.05, 0.1) is 22.2 Å². The molecule has 0 aliphatic heterocycles. The van der Waals surface area contributed by atoms with Crippen LogP contribution in [0.5, 0.6) is 5.75 Å². The Morgan fingerprint density at radius 3 is 2.39 bits per heavy atom. The van der Waals surface area contributed by atoms with Crippen LogP contribution >= 0.6 is 11.3 Å². The van der Waals surface area contributed by atoms with Crippen molar-refractivity contribution in [1.29, 1.82) is 0 Å². The number of benzene rings is 2. The molecule has 1 heterocycles. The molecule has 0 unspecified atom stereocenters.